The highest BCUT2D eigenvalue weighted by molar-refractivity contribution is 5.99. The molecule has 1 aliphatic heterocycles. The quantitative estimate of drug-likeness (QED) is 0.695. The molecule has 0 bridgehead atoms. The number of benzene rings is 1. The number of fused-ring (bicyclic) bond motifs is 1. The SMILES string of the molecule is Nc1ccccc1.O=C1N=Nc2cnc(-c3ccccn3)nc21. The molecule has 0 saturated carbocycles. The van der Waals surface area contributed by atoms with Gasteiger partial charge in [0.2, 0.25) is 0 Å². The predicted molar refractivity (Wildman–Crippen MR) is 85.0 cm³/mol. The second-order valence-electron chi connectivity index (χ2n) is 4.56. The number of pyridine rings is 1. The summed E-state index contributed by atoms with van der Waals surface area (Å²) in [5.41, 5.74) is 7.43. The van der Waals surface area contributed by atoms with Gasteiger partial charge < -0.3 is 5.73 Å². The van der Waals surface area contributed by atoms with Crippen molar-refractivity contribution in [2.75, 3.05) is 5.73 Å². The van der Waals surface area contributed by atoms with Gasteiger partial charge in [-0.3, -0.25) is 9.78 Å². The van der Waals surface area contributed by atoms with E-state index in [2.05, 4.69) is 25.2 Å². The van der Waals surface area contributed by atoms with Gasteiger partial charge in [0, 0.05) is 11.9 Å². The first-order chi connectivity index (χ1) is 11.2. The smallest absolute Gasteiger partial charge is 0.316 e. The molecule has 3 heterocycles. The van der Waals surface area contributed by atoms with E-state index in [0.29, 0.717) is 17.2 Å². The van der Waals surface area contributed by atoms with Crippen LogP contribution in [0.4, 0.5) is 11.4 Å². The Bertz CT molecular complexity index is 849. The van der Waals surface area contributed by atoms with E-state index >= 15 is 0 Å². The lowest BCUT2D eigenvalue weighted by Crippen LogP contribution is -1.98. The largest absolute Gasteiger partial charge is 0.399 e. The van der Waals surface area contributed by atoms with E-state index < -0.39 is 5.91 Å². The molecule has 2 aromatic heterocycles. The second-order valence-corrected chi connectivity index (χ2v) is 4.56. The molecule has 0 unspecified atom stereocenters. The van der Waals surface area contributed by atoms with Crippen molar-refractivity contribution in [2.45, 2.75) is 0 Å². The highest BCUT2D eigenvalue weighted by atomic mass is 16.2. The number of nitrogens with zero attached hydrogens (tertiary/aromatic N) is 5. The summed E-state index contributed by atoms with van der Waals surface area (Å²) < 4.78 is 0. The van der Waals surface area contributed by atoms with E-state index in [1.165, 1.54) is 6.20 Å². The Morgan fingerprint density at radius 2 is 1.65 bits per heavy atom. The normalized spacial score (nSPS) is 11.6. The van der Waals surface area contributed by atoms with Gasteiger partial charge in [-0.15, -0.1) is 10.2 Å². The zero-order valence-electron chi connectivity index (χ0n) is 12.0. The number of hydrogen-bond donors (Lipinski definition) is 1. The molecule has 23 heavy (non-hydrogen) atoms. The monoisotopic (exact) mass is 304 g/mol. The molecule has 0 fully saturated rings. The van der Waals surface area contributed by atoms with Crippen molar-refractivity contribution in [1.82, 2.24) is 15.0 Å². The Labute approximate surface area is 132 Å². The molecule has 0 spiro atoms. The Morgan fingerprint density at radius 3 is 2.30 bits per heavy atom. The molecule has 1 amide bonds. The summed E-state index contributed by atoms with van der Waals surface area (Å²) in [5, 5.41) is 7.05. The Balaban J connectivity index is 0.000000188. The zero-order chi connectivity index (χ0) is 16.1. The van der Waals surface area contributed by atoms with E-state index in [1.807, 2.05) is 36.4 Å². The molecule has 0 radical (unpaired) electrons. The third-order valence-corrected chi connectivity index (χ3v) is 2.91. The summed E-state index contributed by atoms with van der Waals surface area (Å²) in [7, 11) is 0. The number of rotatable bonds is 1. The van der Waals surface area contributed by atoms with Gasteiger partial charge in [0.1, 0.15) is 11.4 Å². The third kappa shape index (κ3) is 3.41. The number of para-hydroxylation sites is 1. The maximum atomic E-state index is 11.3. The Kier molecular flexibility index (Phi) is 4.10. The lowest BCUT2D eigenvalue weighted by atomic mass is 10.3. The molecule has 0 aliphatic carbocycles. The van der Waals surface area contributed by atoms with Crippen molar-refractivity contribution >= 4 is 17.3 Å². The molecular weight excluding hydrogens is 292 g/mol. The van der Waals surface area contributed by atoms with Crippen LogP contribution in [0.2, 0.25) is 0 Å². The first-order valence-electron chi connectivity index (χ1n) is 6.79. The van der Waals surface area contributed by atoms with Gasteiger partial charge in [-0.2, -0.15) is 0 Å². The van der Waals surface area contributed by atoms with Gasteiger partial charge in [0.25, 0.3) is 0 Å². The van der Waals surface area contributed by atoms with Gasteiger partial charge in [0.05, 0.1) is 6.20 Å². The highest BCUT2D eigenvalue weighted by Gasteiger charge is 2.20. The topological polar surface area (TPSA) is 106 Å². The van der Waals surface area contributed by atoms with Crippen LogP contribution >= 0.6 is 0 Å². The average Bonchev–Trinajstić information content (AvgIpc) is 2.98. The van der Waals surface area contributed by atoms with Crippen molar-refractivity contribution in [3.8, 4) is 11.5 Å². The van der Waals surface area contributed by atoms with Crippen molar-refractivity contribution in [3.63, 3.8) is 0 Å². The number of nitrogen functional groups attached to an aromatic ring is 1. The van der Waals surface area contributed by atoms with Crippen molar-refractivity contribution in [1.29, 1.82) is 0 Å². The standard InChI is InChI=1S/C10H5N5O.C6H7N/c16-10-8-7(14-15-10)5-12-9(13-8)6-3-1-2-4-11-6;7-6-4-2-1-3-5-6/h1-5H;1-5H,7H2. The molecule has 3 aromatic rings. The lowest BCUT2D eigenvalue weighted by molar-refractivity contribution is 0.0998. The summed E-state index contributed by atoms with van der Waals surface area (Å²) in [6.07, 6.45) is 3.11. The van der Waals surface area contributed by atoms with Crippen LogP contribution in [-0.2, 0) is 0 Å². The minimum atomic E-state index is -0.436. The number of hydrogen-bond acceptors (Lipinski definition) is 6. The predicted octanol–water partition coefficient (Wildman–Crippen LogP) is 3.04. The first kappa shape index (κ1) is 14.5. The maximum absolute atomic E-state index is 11.3. The van der Waals surface area contributed by atoms with Gasteiger partial charge in [0.15, 0.2) is 11.5 Å². The number of carbonyl (C=O) groups excluding carboxylic acids is 1. The van der Waals surface area contributed by atoms with Gasteiger partial charge >= 0.3 is 5.91 Å². The van der Waals surface area contributed by atoms with Crippen LogP contribution in [0.5, 0.6) is 0 Å². The minimum Gasteiger partial charge on any atom is -0.399 e. The fourth-order valence-electron chi connectivity index (χ4n) is 1.82. The van der Waals surface area contributed by atoms with Gasteiger partial charge in [-0.05, 0) is 24.3 Å². The summed E-state index contributed by atoms with van der Waals surface area (Å²) in [6, 6.07) is 14.9. The average molecular weight is 304 g/mol. The van der Waals surface area contributed by atoms with E-state index in [0.717, 1.165) is 5.69 Å². The van der Waals surface area contributed by atoms with Crippen LogP contribution < -0.4 is 5.73 Å². The van der Waals surface area contributed by atoms with Crippen LogP contribution in [0.1, 0.15) is 10.5 Å². The van der Waals surface area contributed by atoms with Crippen molar-refractivity contribution < 1.29 is 4.79 Å². The first-order valence-corrected chi connectivity index (χ1v) is 6.79. The Hall–Kier alpha value is -3.48. The minimum absolute atomic E-state index is 0.232. The molecule has 1 aliphatic rings. The molecule has 7 heteroatoms. The molecule has 1 aromatic carbocycles. The number of nitrogens with two attached hydrogens (primary N) is 1. The number of carbonyl (C=O) groups is 1. The molecule has 0 atom stereocenters. The lowest BCUT2D eigenvalue weighted by Gasteiger charge is -1.99. The molecule has 4 rings (SSSR count). The number of azo groups is 1. The molecular formula is C16H12N6O. The second kappa shape index (κ2) is 6.52. The van der Waals surface area contributed by atoms with Crippen LogP contribution in [-0.4, -0.2) is 20.9 Å². The van der Waals surface area contributed by atoms with Crippen LogP contribution in [0.3, 0.4) is 0 Å². The molecule has 0 saturated heterocycles. The van der Waals surface area contributed by atoms with Crippen molar-refractivity contribution in [2.24, 2.45) is 10.2 Å². The summed E-state index contributed by atoms with van der Waals surface area (Å²) >= 11 is 0. The zero-order valence-corrected chi connectivity index (χ0v) is 12.0. The number of aromatic nitrogens is 3. The van der Waals surface area contributed by atoms with Crippen LogP contribution in [0.25, 0.3) is 11.5 Å². The fraction of sp³-hybridized carbons (Fsp3) is 0. The Morgan fingerprint density at radius 1 is 0.870 bits per heavy atom. The van der Waals surface area contributed by atoms with E-state index in [9.17, 15) is 4.79 Å². The maximum Gasteiger partial charge on any atom is 0.316 e. The summed E-state index contributed by atoms with van der Waals surface area (Å²) in [6.45, 7) is 0. The highest BCUT2D eigenvalue weighted by Crippen LogP contribution is 2.25. The van der Waals surface area contributed by atoms with Gasteiger partial charge in [-0.25, -0.2) is 9.97 Å². The van der Waals surface area contributed by atoms with E-state index in [-0.39, 0.29) is 5.69 Å². The third-order valence-electron chi connectivity index (χ3n) is 2.91. The molecule has 2 N–H and O–H groups in total. The number of anilines is 1. The van der Waals surface area contributed by atoms with E-state index in [4.69, 9.17) is 5.73 Å². The van der Waals surface area contributed by atoms with Gasteiger partial charge in [-0.1, -0.05) is 24.3 Å². The van der Waals surface area contributed by atoms with Crippen molar-refractivity contribution in [3.05, 3.63) is 66.6 Å². The fourth-order valence-corrected chi connectivity index (χ4v) is 1.82. The van der Waals surface area contributed by atoms with Crippen LogP contribution in [0, 0.1) is 0 Å². The molecule has 7 nitrogen and oxygen atoms in total. The van der Waals surface area contributed by atoms with E-state index in [1.54, 1.807) is 18.3 Å². The van der Waals surface area contributed by atoms with Crippen LogP contribution in [0.15, 0.2) is 71.2 Å². The molecule has 112 valence electrons. The number of amides is 1. The summed E-state index contributed by atoms with van der Waals surface area (Å²) in [5.74, 6) is -0.0328. The summed E-state index contributed by atoms with van der Waals surface area (Å²) in [4.78, 5) is 23.5.